The summed E-state index contributed by atoms with van der Waals surface area (Å²) < 4.78 is 5.10. The lowest BCUT2D eigenvalue weighted by molar-refractivity contribution is -0.148. The number of rotatable bonds is 18. The maximum Gasteiger partial charge on any atom is 0.325 e. The molecule has 1 saturated heterocycles. The molecule has 1 aliphatic rings. The van der Waals surface area contributed by atoms with Crippen LogP contribution in [0.5, 0.6) is 0 Å². The van der Waals surface area contributed by atoms with Crippen LogP contribution < -0.4 is 10.6 Å². The zero-order valence-electron chi connectivity index (χ0n) is 28.1. The van der Waals surface area contributed by atoms with Crippen LogP contribution in [0.15, 0.2) is 70.0 Å². The van der Waals surface area contributed by atoms with Crippen molar-refractivity contribution in [3.63, 3.8) is 0 Å². The van der Waals surface area contributed by atoms with Gasteiger partial charge in [-0.05, 0) is 60.5 Å². The first-order valence-corrected chi connectivity index (χ1v) is 16.4. The molecule has 2 N–H and O–H groups in total. The van der Waals surface area contributed by atoms with E-state index in [-0.39, 0.29) is 30.9 Å². The Bertz CT molecular complexity index is 1480. The van der Waals surface area contributed by atoms with E-state index in [9.17, 15) is 33.7 Å². The van der Waals surface area contributed by atoms with Gasteiger partial charge in [0.25, 0.3) is 5.91 Å². The Morgan fingerprint density at radius 3 is 2.31 bits per heavy atom. The highest BCUT2D eigenvalue weighted by molar-refractivity contribution is 5.92. The summed E-state index contributed by atoms with van der Waals surface area (Å²) in [5.41, 5.74) is 1.48. The van der Waals surface area contributed by atoms with Crippen LogP contribution >= 0.6 is 0 Å². The number of aldehydes is 1. The average Bonchev–Trinajstić information content (AvgIpc) is 3.59. The predicted molar refractivity (Wildman–Crippen MR) is 179 cm³/mol. The average molecular weight is 677 g/mol. The molecule has 4 amide bonds. The number of hydrogen-bond acceptors (Lipinski definition) is 10. The fraction of sp³-hybridized carbons (Fsp3) is 0.486. The largest absolute Gasteiger partial charge is 0.461 e. The summed E-state index contributed by atoms with van der Waals surface area (Å²) >= 11 is 0. The highest BCUT2D eigenvalue weighted by atomic mass is 16.5. The highest BCUT2D eigenvalue weighted by Crippen LogP contribution is 2.21. The molecule has 0 spiro atoms. The van der Waals surface area contributed by atoms with Crippen LogP contribution in [0, 0.1) is 10.8 Å². The molecule has 1 fully saturated rings. The maximum atomic E-state index is 13.8. The first kappa shape index (κ1) is 38.3. The summed E-state index contributed by atoms with van der Waals surface area (Å²) in [6, 6.07) is 11.8. The minimum atomic E-state index is -1.22. The molecule has 3 rings (SSSR count). The zero-order chi connectivity index (χ0) is 35.8. The molecular formula is C35H44N6O8. The van der Waals surface area contributed by atoms with Crippen LogP contribution in [0.2, 0.25) is 0 Å². The van der Waals surface area contributed by atoms with Gasteiger partial charge in [-0.3, -0.25) is 24.0 Å². The molecule has 0 aliphatic carbocycles. The summed E-state index contributed by atoms with van der Waals surface area (Å²) in [7, 11) is 0. The molecule has 0 bridgehead atoms. The smallest absolute Gasteiger partial charge is 0.325 e. The second-order valence-electron chi connectivity index (χ2n) is 12.4. The molecule has 2 aromatic rings. The molecule has 14 heteroatoms. The SMILES string of the molecule is CC(C)CCC(=O)N1CCC[C@@H]1C(=O)N=N[C@@H](Cc1ccccc1)C(=O)N[C@@H](Cc1ccc(N=O)cc1)C(=O)NCC(=O)OC(C)CC=O. The van der Waals surface area contributed by atoms with Crippen LogP contribution in [0.3, 0.4) is 0 Å². The summed E-state index contributed by atoms with van der Waals surface area (Å²) in [5, 5.41) is 16.1. The molecule has 0 aromatic heterocycles. The number of likely N-dealkylation sites (tertiary alicyclic amines) is 1. The van der Waals surface area contributed by atoms with Gasteiger partial charge < -0.3 is 25.1 Å². The van der Waals surface area contributed by atoms with Crippen LogP contribution in [-0.2, 0) is 46.3 Å². The first-order valence-electron chi connectivity index (χ1n) is 16.4. The Morgan fingerprint density at radius 1 is 0.959 bits per heavy atom. The topological polar surface area (TPSA) is 193 Å². The summed E-state index contributed by atoms with van der Waals surface area (Å²) in [5.74, 6) is -2.59. The number of benzene rings is 2. The number of carbonyl (C=O) groups is 6. The van der Waals surface area contributed by atoms with Gasteiger partial charge in [-0.2, -0.15) is 5.11 Å². The van der Waals surface area contributed by atoms with Crippen molar-refractivity contribution in [2.75, 3.05) is 13.1 Å². The molecule has 4 atom stereocenters. The number of nitrogens with one attached hydrogen (secondary N) is 2. The molecule has 0 saturated carbocycles. The van der Waals surface area contributed by atoms with Crippen molar-refractivity contribution in [3.8, 4) is 0 Å². The number of nitroso groups, excluding NO2 is 1. The Balaban J connectivity index is 1.81. The normalized spacial score (nSPS) is 16.1. The van der Waals surface area contributed by atoms with Crippen LogP contribution in [0.1, 0.15) is 64.0 Å². The van der Waals surface area contributed by atoms with E-state index in [1.165, 1.54) is 24.0 Å². The van der Waals surface area contributed by atoms with E-state index in [1.807, 2.05) is 19.9 Å². The summed E-state index contributed by atoms with van der Waals surface area (Å²) in [6.45, 7) is 5.51. The van der Waals surface area contributed by atoms with Gasteiger partial charge in [-0.15, -0.1) is 10.0 Å². The van der Waals surface area contributed by atoms with E-state index >= 15 is 0 Å². The second kappa shape index (κ2) is 19.6. The van der Waals surface area contributed by atoms with E-state index in [0.29, 0.717) is 50.0 Å². The van der Waals surface area contributed by atoms with E-state index in [2.05, 4.69) is 26.0 Å². The minimum Gasteiger partial charge on any atom is -0.461 e. The van der Waals surface area contributed by atoms with E-state index in [4.69, 9.17) is 4.74 Å². The van der Waals surface area contributed by atoms with Gasteiger partial charge in [0.1, 0.15) is 36.7 Å². The molecule has 1 unspecified atom stereocenters. The monoisotopic (exact) mass is 676 g/mol. The van der Waals surface area contributed by atoms with Crippen LogP contribution in [0.25, 0.3) is 0 Å². The third-order valence-electron chi connectivity index (χ3n) is 7.95. The van der Waals surface area contributed by atoms with Gasteiger partial charge in [0.2, 0.25) is 17.7 Å². The quantitative estimate of drug-likeness (QED) is 0.103. The van der Waals surface area contributed by atoms with E-state index in [0.717, 1.165) is 5.56 Å². The Hall–Kier alpha value is -5.14. The van der Waals surface area contributed by atoms with Crippen molar-refractivity contribution in [1.82, 2.24) is 15.5 Å². The van der Waals surface area contributed by atoms with Crippen molar-refractivity contribution >= 4 is 41.6 Å². The van der Waals surface area contributed by atoms with Gasteiger partial charge in [-0.1, -0.05) is 56.3 Å². The number of ether oxygens (including phenoxy) is 1. The lowest BCUT2D eigenvalue weighted by atomic mass is 10.0. The highest BCUT2D eigenvalue weighted by Gasteiger charge is 2.34. The fourth-order valence-electron chi connectivity index (χ4n) is 5.23. The fourth-order valence-corrected chi connectivity index (χ4v) is 5.23. The second-order valence-corrected chi connectivity index (χ2v) is 12.4. The molecule has 2 aromatic carbocycles. The lowest BCUT2D eigenvalue weighted by Crippen LogP contribution is -2.51. The lowest BCUT2D eigenvalue weighted by Gasteiger charge is -2.23. The summed E-state index contributed by atoms with van der Waals surface area (Å²) in [4.78, 5) is 88.5. The first-order chi connectivity index (χ1) is 23.5. The van der Waals surface area contributed by atoms with Crippen molar-refractivity contribution in [1.29, 1.82) is 0 Å². The van der Waals surface area contributed by atoms with Gasteiger partial charge in [0.05, 0.1) is 0 Å². The third kappa shape index (κ3) is 12.8. The van der Waals surface area contributed by atoms with Crippen molar-refractivity contribution in [2.45, 2.75) is 89.9 Å². The number of azo groups is 1. The number of carbonyl (C=O) groups excluding carboxylic acids is 6. The number of amides is 4. The van der Waals surface area contributed by atoms with E-state index in [1.54, 1.807) is 36.4 Å². The van der Waals surface area contributed by atoms with Crippen molar-refractivity contribution < 1.29 is 33.5 Å². The van der Waals surface area contributed by atoms with E-state index < -0.39 is 54.5 Å². The molecule has 1 heterocycles. The van der Waals surface area contributed by atoms with Gasteiger partial charge in [0, 0.05) is 32.2 Å². The number of esters is 1. The predicted octanol–water partition coefficient (Wildman–Crippen LogP) is 3.77. The third-order valence-corrected chi connectivity index (χ3v) is 7.95. The minimum absolute atomic E-state index is 0.00289. The molecule has 262 valence electrons. The molecule has 49 heavy (non-hydrogen) atoms. The molecular weight excluding hydrogens is 632 g/mol. The Kier molecular flexibility index (Phi) is 15.3. The van der Waals surface area contributed by atoms with Gasteiger partial charge in [-0.25, -0.2) is 0 Å². The maximum absolute atomic E-state index is 13.8. The van der Waals surface area contributed by atoms with Crippen molar-refractivity contribution in [3.05, 3.63) is 70.6 Å². The Labute approximate surface area is 285 Å². The molecule has 1 aliphatic heterocycles. The molecule has 14 nitrogen and oxygen atoms in total. The standard InChI is InChI=1S/C35H44N6O8/c1-23(2)11-16-31(43)41-18-7-10-30(41)35(47)39-38-29(21-25-8-5-4-6-9-25)34(46)37-28(20-26-12-14-27(40-48)15-13-26)33(45)36-22-32(44)49-24(3)17-19-42/h4-6,8-9,12-15,19,23-24,28-30H,7,10-11,16-18,20-22H2,1-3H3,(H,36,45)(H,37,46)/t24?,28-,29-,30+/m0/s1. The number of nitrogens with zero attached hydrogens (tertiary/aromatic N) is 4. The van der Waals surface area contributed by atoms with Crippen LogP contribution in [-0.4, -0.2) is 78.1 Å². The van der Waals surface area contributed by atoms with Crippen molar-refractivity contribution in [2.24, 2.45) is 21.3 Å². The number of hydrogen-bond donors (Lipinski definition) is 2. The van der Waals surface area contributed by atoms with Gasteiger partial charge in [0.15, 0.2) is 6.04 Å². The summed E-state index contributed by atoms with van der Waals surface area (Å²) in [6.07, 6.45) is 2.07. The zero-order valence-corrected chi connectivity index (χ0v) is 28.1. The molecule has 0 radical (unpaired) electrons. The van der Waals surface area contributed by atoms with Crippen LogP contribution in [0.4, 0.5) is 5.69 Å². The van der Waals surface area contributed by atoms with Gasteiger partial charge >= 0.3 is 5.97 Å². The Morgan fingerprint density at radius 2 is 1.65 bits per heavy atom.